The molecule has 0 saturated carbocycles. The summed E-state index contributed by atoms with van der Waals surface area (Å²) >= 11 is 2.25. The molecule has 0 radical (unpaired) electrons. The number of aryl methyl sites for hydroxylation is 1. The molecule has 5 heteroatoms. The van der Waals surface area contributed by atoms with Crippen molar-refractivity contribution in [2.24, 2.45) is 0 Å². The van der Waals surface area contributed by atoms with Crippen LogP contribution in [-0.4, -0.2) is 43.6 Å². The molecule has 24 heavy (non-hydrogen) atoms. The van der Waals surface area contributed by atoms with Crippen LogP contribution in [0.25, 0.3) is 0 Å². The first-order valence-corrected chi connectivity index (χ1v) is 9.17. The number of carbonyl (C=O) groups is 1. The smallest absolute Gasteiger partial charge is 0.260 e. The molecule has 0 bridgehead atoms. The molecule has 1 amide bonds. The van der Waals surface area contributed by atoms with E-state index in [0.717, 1.165) is 35.5 Å². The van der Waals surface area contributed by atoms with Crippen LogP contribution in [0.15, 0.2) is 48.5 Å². The van der Waals surface area contributed by atoms with Crippen LogP contribution in [-0.2, 0) is 4.79 Å². The highest BCUT2D eigenvalue weighted by Gasteiger charge is 2.21. The second-order valence-electron chi connectivity index (χ2n) is 5.95. The van der Waals surface area contributed by atoms with Crippen LogP contribution in [0.1, 0.15) is 5.56 Å². The highest BCUT2D eigenvalue weighted by Crippen LogP contribution is 2.18. The van der Waals surface area contributed by atoms with Gasteiger partial charge < -0.3 is 14.5 Å². The molecule has 1 aliphatic heterocycles. The van der Waals surface area contributed by atoms with Crippen LogP contribution in [0.5, 0.6) is 5.75 Å². The lowest BCUT2D eigenvalue weighted by Crippen LogP contribution is -2.50. The van der Waals surface area contributed by atoms with Crippen molar-refractivity contribution in [2.75, 3.05) is 37.7 Å². The number of carbonyl (C=O) groups excluding carboxylic acids is 1. The Labute approximate surface area is 156 Å². The molecule has 1 fully saturated rings. The number of ether oxygens (including phenoxy) is 1. The molecule has 0 spiro atoms. The minimum absolute atomic E-state index is 0.0532. The van der Waals surface area contributed by atoms with Gasteiger partial charge >= 0.3 is 0 Å². The zero-order valence-corrected chi connectivity index (χ0v) is 15.9. The van der Waals surface area contributed by atoms with E-state index in [0.29, 0.717) is 0 Å². The van der Waals surface area contributed by atoms with Gasteiger partial charge in [-0.15, -0.1) is 0 Å². The average Bonchev–Trinajstić information content (AvgIpc) is 2.61. The maximum atomic E-state index is 12.3. The molecule has 126 valence electrons. The normalized spacial score (nSPS) is 14.6. The first-order chi connectivity index (χ1) is 11.6. The summed E-state index contributed by atoms with van der Waals surface area (Å²) in [6.45, 7) is 5.40. The fourth-order valence-corrected chi connectivity index (χ4v) is 3.17. The Balaban J connectivity index is 1.49. The lowest BCUT2D eigenvalue weighted by molar-refractivity contribution is -0.133. The van der Waals surface area contributed by atoms with Crippen molar-refractivity contribution in [1.82, 2.24) is 4.90 Å². The molecule has 3 rings (SSSR count). The zero-order valence-electron chi connectivity index (χ0n) is 13.7. The van der Waals surface area contributed by atoms with Gasteiger partial charge in [0.15, 0.2) is 6.61 Å². The molecule has 0 aromatic heterocycles. The number of piperazine rings is 1. The average molecular weight is 436 g/mol. The summed E-state index contributed by atoms with van der Waals surface area (Å²) in [5.41, 5.74) is 2.49. The number of hydrogen-bond acceptors (Lipinski definition) is 3. The van der Waals surface area contributed by atoms with Gasteiger partial charge in [-0.1, -0.05) is 12.1 Å². The number of anilines is 1. The van der Waals surface area contributed by atoms with Gasteiger partial charge in [0.25, 0.3) is 5.91 Å². The topological polar surface area (TPSA) is 32.8 Å². The highest BCUT2D eigenvalue weighted by molar-refractivity contribution is 14.1. The van der Waals surface area contributed by atoms with Crippen LogP contribution in [0.4, 0.5) is 5.69 Å². The summed E-state index contributed by atoms with van der Waals surface area (Å²) in [5, 5.41) is 0. The Morgan fingerprint density at radius 3 is 2.46 bits per heavy atom. The van der Waals surface area contributed by atoms with Crippen LogP contribution in [0.2, 0.25) is 0 Å². The van der Waals surface area contributed by atoms with E-state index < -0.39 is 0 Å². The third kappa shape index (κ3) is 4.41. The van der Waals surface area contributed by atoms with E-state index in [1.807, 2.05) is 29.2 Å². The van der Waals surface area contributed by atoms with Crippen LogP contribution in [0, 0.1) is 10.5 Å². The predicted molar refractivity (Wildman–Crippen MR) is 105 cm³/mol. The second kappa shape index (κ2) is 7.88. The molecule has 4 nitrogen and oxygen atoms in total. The summed E-state index contributed by atoms with van der Waals surface area (Å²) in [5.74, 6) is 0.791. The summed E-state index contributed by atoms with van der Waals surface area (Å²) in [4.78, 5) is 16.5. The van der Waals surface area contributed by atoms with Gasteiger partial charge in [-0.05, 0) is 71.5 Å². The van der Waals surface area contributed by atoms with Crippen molar-refractivity contribution >= 4 is 34.2 Å². The maximum absolute atomic E-state index is 12.3. The summed E-state index contributed by atoms with van der Waals surface area (Å²) < 4.78 is 6.75. The third-order valence-electron chi connectivity index (χ3n) is 4.18. The summed E-state index contributed by atoms with van der Waals surface area (Å²) in [7, 11) is 0. The van der Waals surface area contributed by atoms with E-state index in [1.54, 1.807) is 0 Å². The van der Waals surface area contributed by atoms with E-state index in [1.165, 1.54) is 11.3 Å². The SMILES string of the molecule is Cc1cccc(N2CCN(C(=O)COc3ccc(I)cc3)CC2)c1. The number of amides is 1. The lowest BCUT2D eigenvalue weighted by Gasteiger charge is -2.36. The van der Waals surface area contributed by atoms with Crippen LogP contribution < -0.4 is 9.64 Å². The van der Waals surface area contributed by atoms with Gasteiger partial charge in [-0.25, -0.2) is 0 Å². The van der Waals surface area contributed by atoms with Crippen LogP contribution in [0.3, 0.4) is 0 Å². The second-order valence-corrected chi connectivity index (χ2v) is 7.20. The van der Waals surface area contributed by atoms with E-state index in [4.69, 9.17) is 4.74 Å². The van der Waals surface area contributed by atoms with Crippen molar-refractivity contribution in [3.05, 3.63) is 57.7 Å². The standard InChI is InChI=1S/C19H21IN2O2/c1-15-3-2-4-17(13-15)21-9-11-22(12-10-21)19(23)14-24-18-7-5-16(20)6-8-18/h2-8,13H,9-12,14H2,1H3. The molecular weight excluding hydrogens is 415 g/mol. The van der Waals surface area contributed by atoms with Gasteiger partial charge in [0.1, 0.15) is 5.75 Å². The van der Waals surface area contributed by atoms with Crippen molar-refractivity contribution < 1.29 is 9.53 Å². The van der Waals surface area contributed by atoms with Gasteiger partial charge in [0.05, 0.1) is 0 Å². The van der Waals surface area contributed by atoms with Gasteiger partial charge in [0.2, 0.25) is 0 Å². The lowest BCUT2D eigenvalue weighted by atomic mass is 10.2. The third-order valence-corrected chi connectivity index (χ3v) is 4.89. The molecule has 0 atom stereocenters. The Kier molecular flexibility index (Phi) is 5.60. The molecule has 2 aromatic rings. The minimum atomic E-state index is 0.0532. The molecule has 1 saturated heterocycles. The van der Waals surface area contributed by atoms with Crippen molar-refractivity contribution in [1.29, 1.82) is 0 Å². The summed E-state index contributed by atoms with van der Waals surface area (Å²) in [6, 6.07) is 16.2. The van der Waals surface area contributed by atoms with E-state index in [-0.39, 0.29) is 12.5 Å². The molecule has 1 aliphatic rings. The Bertz CT molecular complexity index is 695. The molecule has 0 aliphatic carbocycles. The Hall–Kier alpha value is -1.76. The summed E-state index contributed by atoms with van der Waals surface area (Å²) in [6.07, 6.45) is 0. The zero-order chi connectivity index (χ0) is 16.9. The molecule has 1 heterocycles. The fraction of sp³-hybridized carbons (Fsp3) is 0.316. The molecular formula is C19H21IN2O2. The van der Waals surface area contributed by atoms with E-state index in [9.17, 15) is 4.79 Å². The van der Waals surface area contributed by atoms with Crippen molar-refractivity contribution in [3.63, 3.8) is 0 Å². The molecule has 0 unspecified atom stereocenters. The minimum Gasteiger partial charge on any atom is -0.484 e. The number of hydrogen-bond donors (Lipinski definition) is 0. The number of nitrogens with zero attached hydrogens (tertiary/aromatic N) is 2. The Morgan fingerprint density at radius 2 is 1.79 bits per heavy atom. The molecule has 0 N–H and O–H groups in total. The number of halogens is 1. The van der Waals surface area contributed by atoms with Gasteiger partial charge in [-0.3, -0.25) is 4.79 Å². The quantitative estimate of drug-likeness (QED) is 0.690. The number of rotatable bonds is 4. The Morgan fingerprint density at radius 1 is 1.08 bits per heavy atom. The van der Waals surface area contributed by atoms with E-state index in [2.05, 4.69) is 58.7 Å². The maximum Gasteiger partial charge on any atom is 0.260 e. The van der Waals surface area contributed by atoms with E-state index >= 15 is 0 Å². The van der Waals surface area contributed by atoms with Crippen molar-refractivity contribution in [2.45, 2.75) is 6.92 Å². The van der Waals surface area contributed by atoms with Crippen LogP contribution >= 0.6 is 22.6 Å². The first kappa shape index (κ1) is 17.1. The predicted octanol–water partition coefficient (Wildman–Crippen LogP) is 3.33. The largest absolute Gasteiger partial charge is 0.484 e. The monoisotopic (exact) mass is 436 g/mol. The highest BCUT2D eigenvalue weighted by atomic mass is 127. The first-order valence-electron chi connectivity index (χ1n) is 8.09. The van der Waals surface area contributed by atoms with Crippen molar-refractivity contribution in [3.8, 4) is 5.75 Å². The van der Waals surface area contributed by atoms with Gasteiger partial charge in [-0.2, -0.15) is 0 Å². The molecule has 2 aromatic carbocycles. The number of benzene rings is 2. The fourth-order valence-electron chi connectivity index (χ4n) is 2.81. The van der Waals surface area contributed by atoms with Gasteiger partial charge in [0, 0.05) is 35.4 Å².